The minimum atomic E-state index is -0.860. The standard InChI is InChI=1S/C21H23NO5S/c1-13-4-5-14(2)19(8-13)28-11-20(23)27-15(3)21(24)22-10-16-6-7-17-18(9-16)26-12-25-17/h4-9,15H,10-12H2,1-3H3,(H,22,24)/t15-/m0/s1. The number of fused-ring (bicyclic) bond motifs is 1. The van der Waals surface area contributed by atoms with E-state index in [0.717, 1.165) is 21.6 Å². The first-order valence-corrected chi connectivity index (χ1v) is 9.96. The van der Waals surface area contributed by atoms with E-state index in [2.05, 4.69) is 5.32 Å². The molecule has 1 amide bonds. The van der Waals surface area contributed by atoms with Crippen LogP contribution in [0, 0.1) is 13.8 Å². The smallest absolute Gasteiger partial charge is 0.317 e. The molecule has 1 aliphatic heterocycles. The summed E-state index contributed by atoms with van der Waals surface area (Å²) >= 11 is 1.41. The van der Waals surface area contributed by atoms with Crippen LogP contribution in [0.3, 0.4) is 0 Å². The highest BCUT2D eigenvalue weighted by atomic mass is 32.2. The molecular weight excluding hydrogens is 378 g/mol. The van der Waals surface area contributed by atoms with E-state index < -0.39 is 12.1 Å². The van der Waals surface area contributed by atoms with Crippen LogP contribution in [-0.2, 0) is 20.9 Å². The van der Waals surface area contributed by atoms with Gasteiger partial charge in [0.1, 0.15) is 0 Å². The molecule has 7 heteroatoms. The lowest BCUT2D eigenvalue weighted by atomic mass is 10.2. The number of aryl methyl sites for hydroxylation is 2. The van der Waals surface area contributed by atoms with Crippen LogP contribution in [0.4, 0.5) is 0 Å². The second-order valence-electron chi connectivity index (χ2n) is 6.60. The molecule has 1 aliphatic rings. The third-order valence-electron chi connectivity index (χ3n) is 4.27. The van der Waals surface area contributed by atoms with Crippen molar-refractivity contribution in [2.75, 3.05) is 12.5 Å². The van der Waals surface area contributed by atoms with Crippen LogP contribution in [0.1, 0.15) is 23.6 Å². The van der Waals surface area contributed by atoms with Crippen molar-refractivity contribution in [1.82, 2.24) is 5.32 Å². The van der Waals surface area contributed by atoms with Crippen LogP contribution in [0.5, 0.6) is 11.5 Å². The predicted octanol–water partition coefficient (Wildman–Crippen LogP) is 3.37. The lowest BCUT2D eigenvalue weighted by Gasteiger charge is -2.14. The quantitative estimate of drug-likeness (QED) is 0.566. The van der Waals surface area contributed by atoms with Gasteiger partial charge in [0.15, 0.2) is 17.6 Å². The maximum absolute atomic E-state index is 12.2. The fourth-order valence-electron chi connectivity index (χ4n) is 2.67. The zero-order chi connectivity index (χ0) is 20.1. The number of thioether (sulfide) groups is 1. The van der Waals surface area contributed by atoms with E-state index in [1.165, 1.54) is 11.8 Å². The van der Waals surface area contributed by atoms with Crippen molar-refractivity contribution in [2.45, 2.75) is 38.3 Å². The van der Waals surface area contributed by atoms with Crippen molar-refractivity contribution < 1.29 is 23.8 Å². The van der Waals surface area contributed by atoms with Crippen LogP contribution >= 0.6 is 11.8 Å². The first-order chi connectivity index (χ1) is 13.4. The normalized spacial score (nSPS) is 13.1. The highest BCUT2D eigenvalue weighted by Crippen LogP contribution is 2.32. The maximum Gasteiger partial charge on any atom is 0.317 e. The molecule has 0 bridgehead atoms. The summed E-state index contributed by atoms with van der Waals surface area (Å²) in [6, 6.07) is 11.6. The van der Waals surface area contributed by atoms with E-state index in [9.17, 15) is 9.59 Å². The molecule has 3 rings (SSSR count). The number of benzene rings is 2. The minimum absolute atomic E-state index is 0.157. The van der Waals surface area contributed by atoms with E-state index in [1.807, 2.05) is 44.2 Å². The number of rotatable bonds is 7. The van der Waals surface area contributed by atoms with Crippen molar-refractivity contribution in [3.63, 3.8) is 0 Å². The molecule has 28 heavy (non-hydrogen) atoms. The Morgan fingerprint density at radius 1 is 1.14 bits per heavy atom. The van der Waals surface area contributed by atoms with Crippen LogP contribution in [0.15, 0.2) is 41.3 Å². The third kappa shape index (κ3) is 5.19. The zero-order valence-electron chi connectivity index (χ0n) is 16.1. The molecule has 6 nitrogen and oxygen atoms in total. The Morgan fingerprint density at radius 3 is 2.75 bits per heavy atom. The molecule has 1 heterocycles. The summed E-state index contributed by atoms with van der Waals surface area (Å²) < 4.78 is 15.8. The summed E-state index contributed by atoms with van der Waals surface area (Å²) in [5, 5.41) is 2.77. The first kappa shape index (κ1) is 20.1. The third-order valence-corrected chi connectivity index (χ3v) is 5.40. The summed E-state index contributed by atoms with van der Waals surface area (Å²) in [4.78, 5) is 25.3. The van der Waals surface area contributed by atoms with Gasteiger partial charge in [-0.05, 0) is 50.1 Å². The number of ether oxygens (including phenoxy) is 3. The molecule has 0 unspecified atom stereocenters. The molecular formula is C21H23NO5S. The van der Waals surface area contributed by atoms with Crippen LogP contribution in [0.2, 0.25) is 0 Å². The number of hydrogen-bond donors (Lipinski definition) is 1. The Morgan fingerprint density at radius 2 is 1.93 bits per heavy atom. The fraction of sp³-hybridized carbons (Fsp3) is 0.333. The summed E-state index contributed by atoms with van der Waals surface area (Å²) in [6.07, 6.45) is -0.860. The Balaban J connectivity index is 1.44. The van der Waals surface area contributed by atoms with Gasteiger partial charge in [-0.1, -0.05) is 23.8 Å². The second kappa shape index (κ2) is 9.01. The number of carbonyl (C=O) groups is 2. The second-order valence-corrected chi connectivity index (χ2v) is 7.61. The molecule has 0 aromatic heterocycles. The van der Waals surface area contributed by atoms with Gasteiger partial charge in [-0.25, -0.2) is 0 Å². The Kier molecular flexibility index (Phi) is 6.46. The molecule has 2 aromatic rings. The van der Waals surface area contributed by atoms with Crippen molar-refractivity contribution in [2.24, 2.45) is 0 Å². The number of amides is 1. The van der Waals surface area contributed by atoms with Gasteiger partial charge in [0.05, 0.1) is 5.75 Å². The Labute approximate surface area is 168 Å². The first-order valence-electron chi connectivity index (χ1n) is 8.98. The van der Waals surface area contributed by atoms with Crippen molar-refractivity contribution in [3.8, 4) is 11.5 Å². The van der Waals surface area contributed by atoms with E-state index in [1.54, 1.807) is 13.0 Å². The van der Waals surface area contributed by atoms with E-state index in [-0.39, 0.29) is 18.5 Å². The lowest BCUT2D eigenvalue weighted by molar-refractivity contribution is -0.152. The number of hydrogen-bond acceptors (Lipinski definition) is 6. The van der Waals surface area contributed by atoms with Gasteiger partial charge >= 0.3 is 5.97 Å². The van der Waals surface area contributed by atoms with Crippen LogP contribution in [-0.4, -0.2) is 30.5 Å². The van der Waals surface area contributed by atoms with Gasteiger partial charge in [0.2, 0.25) is 6.79 Å². The molecule has 0 spiro atoms. The van der Waals surface area contributed by atoms with Crippen molar-refractivity contribution >= 4 is 23.6 Å². The highest BCUT2D eigenvalue weighted by molar-refractivity contribution is 8.00. The van der Waals surface area contributed by atoms with Gasteiger partial charge in [-0.15, -0.1) is 11.8 Å². The Hall–Kier alpha value is -2.67. The molecule has 0 fully saturated rings. The van der Waals surface area contributed by atoms with Crippen molar-refractivity contribution in [3.05, 3.63) is 53.1 Å². The largest absolute Gasteiger partial charge is 0.454 e. The molecule has 1 N–H and O–H groups in total. The van der Waals surface area contributed by atoms with Gasteiger partial charge in [0, 0.05) is 11.4 Å². The minimum Gasteiger partial charge on any atom is -0.454 e. The average Bonchev–Trinajstić information content (AvgIpc) is 3.14. The summed E-state index contributed by atoms with van der Waals surface area (Å²) in [5.74, 6) is 0.747. The monoisotopic (exact) mass is 401 g/mol. The molecule has 1 atom stereocenters. The summed E-state index contributed by atoms with van der Waals surface area (Å²) in [6.45, 7) is 6.09. The van der Waals surface area contributed by atoms with Gasteiger partial charge < -0.3 is 19.5 Å². The van der Waals surface area contributed by atoms with E-state index >= 15 is 0 Å². The molecule has 0 radical (unpaired) electrons. The zero-order valence-corrected chi connectivity index (χ0v) is 16.9. The van der Waals surface area contributed by atoms with Crippen LogP contribution in [0.25, 0.3) is 0 Å². The van der Waals surface area contributed by atoms with E-state index in [4.69, 9.17) is 14.2 Å². The Bertz CT molecular complexity index is 883. The van der Waals surface area contributed by atoms with Gasteiger partial charge in [-0.3, -0.25) is 9.59 Å². The topological polar surface area (TPSA) is 73.9 Å². The SMILES string of the molecule is Cc1ccc(C)c(SCC(=O)O[C@@H](C)C(=O)NCc2ccc3c(c2)OCO3)c1. The lowest BCUT2D eigenvalue weighted by Crippen LogP contribution is -2.35. The average molecular weight is 401 g/mol. The molecule has 2 aromatic carbocycles. The van der Waals surface area contributed by atoms with E-state index in [0.29, 0.717) is 18.0 Å². The predicted molar refractivity (Wildman–Crippen MR) is 107 cm³/mol. The van der Waals surface area contributed by atoms with Crippen LogP contribution < -0.4 is 14.8 Å². The summed E-state index contributed by atoms with van der Waals surface area (Å²) in [7, 11) is 0. The molecule has 0 saturated carbocycles. The number of carbonyl (C=O) groups excluding carboxylic acids is 2. The van der Waals surface area contributed by atoms with Gasteiger partial charge in [0.25, 0.3) is 5.91 Å². The molecule has 0 aliphatic carbocycles. The van der Waals surface area contributed by atoms with Crippen molar-refractivity contribution in [1.29, 1.82) is 0 Å². The fourth-order valence-corrected chi connectivity index (χ4v) is 3.57. The molecule has 148 valence electrons. The van der Waals surface area contributed by atoms with Gasteiger partial charge in [-0.2, -0.15) is 0 Å². The maximum atomic E-state index is 12.2. The highest BCUT2D eigenvalue weighted by Gasteiger charge is 2.19. The summed E-state index contributed by atoms with van der Waals surface area (Å²) in [5.41, 5.74) is 3.12. The number of nitrogens with one attached hydrogen (secondary N) is 1. The molecule has 0 saturated heterocycles. The number of esters is 1.